The van der Waals surface area contributed by atoms with Gasteiger partial charge in [0.15, 0.2) is 0 Å². The highest BCUT2D eigenvalue weighted by atomic mass is 16.5. The van der Waals surface area contributed by atoms with Crippen LogP contribution in [0.3, 0.4) is 0 Å². The highest BCUT2D eigenvalue weighted by Gasteiger charge is 2.44. The van der Waals surface area contributed by atoms with Gasteiger partial charge in [0.1, 0.15) is 23.9 Å². The van der Waals surface area contributed by atoms with Crippen molar-refractivity contribution in [1.82, 2.24) is 32.3 Å². The van der Waals surface area contributed by atoms with E-state index in [2.05, 4.69) is 32.3 Å². The molecule has 1 saturated heterocycles. The number of amides is 4. The molecule has 3 aliphatic rings. The molecule has 3 aliphatic heterocycles. The van der Waals surface area contributed by atoms with Crippen molar-refractivity contribution in [1.29, 1.82) is 0 Å². The van der Waals surface area contributed by atoms with E-state index in [1.54, 1.807) is 29.2 Å². The fraction of sp³-hybridized carbons (Fsp3) is 0.448. The highest BCUT2D eigenvalue weighted by Crippen LogP contribution is 2.39. The van der Waals surface area contributed by atoms with E-state index < -0.39 is 29.9 Å². The van der Waals surface area contributed by atoms with E-state index >= 15 is 0 Å². The molecule has 12 heteroatoms. The van der Waals surface area contributed by atoms with E-state index in [0.717, 1.165) is 16.8 Å². The van der Waals surface area contributed by atoms with E-state index in [0.29, 0.717) is 43.7 Å². The Morgan fingerprint density at radius 2 is 1.88 bits per heavy atom. The quantitative estimate of drug-likeness (QED) is 0.248. The number of hydrogen-bond acceptors (Lipinski definition) is 8. The number of methoxy groups -OCH3 is 1. The van der Waals surface area contributed by atoms with Crippen molar-refractivity contribution < 1.29 is 23.9 Å². The Hall–Kier alpha value is -4.00. The molecule has 0 saturated carbocycles. The minimum atomic E-state index is -0.889. The van der Waals surface area contributed by atoms with Gasteiger partial charge in [-0.25, -0.2) is 10.9 Å². The molecule has 1 unspecified atom stereocenters. The smallest absolute Gasteiger partial charge is 0.255 e. The molecule has 0 aromatic heterocycles. The van der Waals surface area contributed by atoms with Crippen LogP contribution in [-0.4, -0.2) is 68.0 Å². The molecule has 2 aromatic carbocycles. The number of hydrogen-bond donors (Lipinski definition) is 6. The molecule has 4 amide bonds. The van der Waals surface area contributed by atoms with Gasteiger partial charge < -0.3 is 20.7 Å². The van der Waals surface area contributed by atoms with E-state index in [9.17, 15) is 19.2 Å². The van der Waals surface area contributed by atoms with Gasteiger partial charge in [-0.3, -0.25) is 24.1 Å². The fourth-order valence-electron chi connectivity index (χ4n) is 5.67. The molecular formula is C29H37N7O5. The van der Waals surface area contributed by atoms with Crippen molar-refractivity contribution in [3.8, 4) is 5.75 Å². The first-order chi connectivity index (χ1) is 19.8. The number of ether oxygens (including phenoxy) is 1. The van der Waals surface area contributed by atoms with E-state index in [1.165, 1.54) is 7.11 Å². The summed E-state index contributed by atoms with van der Waals surface area (Å²) in [6, 6.07) is 10.2. The molecule has 4 atom stereocenters. The monoisotopic (exact) mass is 563 g/mol. The van der Waals surface area contributed by atoms with Crippen molar-refractivity contribution in [3.05, 3.63) is 59.2 Å². The topological polar surface area (TPSA) is 153 Å². The van der Waals surface area contributed by atoms with Gasteiger partial charge in [-0.15, -0.1) is 0 Å². The fourth-order valence-corrected chi connectivity index (χ4v) is 5.67. The van der Waals surface area contributed by atoms with Gasteiger partial charge in [0.2, 0.25) is 17.7 Å². The molecule has 1 fully saturated rings. The maximum absolute atomic E-state index is 14.0. The van der Waals surface area contributed by atoms with Gasteiger partial charge in [-0.05, 0) is 42.0 Å². The summed E-state index contributed by atoms with van der Waals surface area (Å²) < 4.78 is 5.30. The van der Waals surface area contributed by atoms with Crippen LogP contribution in [0.2, 0.25) is 0 Å². The summed E-state index contributed by atoms with van der Waals surface area (Å²) >= 11 is 0. The minimum absolute atomic E-state index is 0.0178. The van der Waals surface area contributed by atoms with Crippen LogP contribution >= 0.6 is 0 Å². The van der Waals surface area contributed by atoms with E-state index in [-0.39, 0.29) is 23.8 Å². The Labute approximate surface area is 238 Å². The molecule has 0 aliphatic carbocycles. The second kappa shape index (κ2) is 12.2. The molecule has 6 N–H and O–H groups in total. The summed E-state index contributed by atoms with van der Waals surface area (Å²) in [5, 5.41) is 8.68. The van der Waals surface area contributed by atoms with Gasteiger partial charge in [0, 0.05) is 19.5 Å². The standard InChI is InChI=1S/C29H37N7O5/c1-16(2)24(33-26(37)20-9-4-5-10-23(20)41-3)28(39)32-21-12-11-17-7-6-8-18-13-22(36(25(17)18)29(21)40)27(38)30-14-19-15-31-35-34-19/h4-10,16,19,21-22,24,31,34-35H,11-15H2,1-3H3,(H,30,38)(H,32,39)(H,33,37)/t19?,21-,22-,24-/m0/s1. The predicted molar refractivity (Wildman–Crippen MR) is 152 cm³/mol. The van der Waals surface area contributed by atoms with Gasteiger partial charge in [-0.2, -0.15) is 5.53 Å². The Kier molecular flexibility index (Phi) is 8.52. The SMILES string of the molecule is COc1ccccc1C(=O)N[C@H](C(=O)N[C@H]1CCc2cccc3c2N(C1=O)[C@H](C(=O)NCC1CNNN1)C3)C(C)C. The van der Waals surface area contributed by atoms with Crippen molar-refractivity contribution in [2.75, 3.05) is 25.1 Å². The van der Waals surface area contributed by atoms with Crippen molar-refractivity contribution >= 4 is 29.3 Å². The third-order valence-corrected chi connectivity index (χ3v) is 7.85. The Bertz CT molecular complexity index is 1330. The van der Waals surface area contributed by atoms with Gasteiger partial charge in [-0.1, -0.05) is 44.2 Å². The Morgan fingerprint density at radius 1 is 1.10 bits per heavy atom. The molecule has 41 heavy (non-hydrogen) atoms. The van der Waals surface area contributed by atoms with Crippen LogP contribution in [0.4, 0.5) is 5.69 Å². The van der Waals surface area contributed by atoms with E-state index in [1.807, 2.05) is 32.0 Å². The van der Waals surface area contributed by atoms with Crippen molar-refractivity contribution in [2.24, 2.45) is 5.92 Å². The number of nitrogens with one attached hydrogen (secondary N) is 6. The molecule has 3 heterocycles. The van der Waals surface area contributed by atoms with Gasteiger partial charge in [0.25, 0.3) is 5.91 Å². The summed E-state index contributed by atoms with van der Waals surface area (Å²) in [6.45, 7) is 4.70. The number of carbonyl (C=O) groups excluding carboxylic acids is 4. The molecule has 218 valence electrons. The maximum atomic E-state index is 14.0. The van der Waals surface area contributed by atoms with Crippen LogP contribution in [-0.2, 0) is 27.2 Å². The maximum Gasteiger partial charge on any atom is 0.255 e. The summed E-state index contributed by atoms with van der Waals surface area (Å²) in [5.41, 5.74) is 11.8. The van der Waals surface area contributed by atoms with Crippen LogP contribution < -0.4 is 42.0 Å². The number of para-hydroxylation sites is 2. The van der Waals surface area contributed by atoms with Gasteiger partial charge in [0.05, 0.1) is 24.4 Å². The molecular weight excluding hydrogens is 526 g/mol. The van der Waals surface area contributed by atoms with Crippen LogP contribution in [0.5, 0.6) is 5.75 Å². The lowest BCUT2D eigenvalue weighted by Gasteiger charge is -2.29. The average Bonchev–Trinajstić information content (AvgIpc) is 3.61. The molecule has 0 spiro atoms. The van der Waals surface area contributed by atoms with Crippen LogP contribution in [0, 0.1) is 5.92 Å². The molecule has 0 radical (unpaired) electrons. The molecule has 0 bridgehead atoms. The number of anilines is 1. The van der Waals surface area contributed by atoms with E-state index in [4.69, 9.17) is 4.74 Å². The number of aryl methyl sites for hydroxylation is 1. The number of carbonyl (C=O) groups is 4. The first-order valence-electron chi connectivity index (χ1n) is 14.0. The first-order valence-corrected chi connectivity index (χ1v) is 14.0. The molecule has 5 rings (SSSR count). The number of rotatable bonds is 9. The van der Waals surface area contributed by atoms with Crippen LogP contribution in [0.25, 0.3) is 0 Å². The highest BCUT2D eigenvalue weighted by molar-refractivity contribution is 6.08. The number of nitrogens with zero attached hydrogens (tertiary/aromatic N) is 1. The number of hydrazine groups is 2. The van der Waals surface area contributed by atoms with Crippen LogP contribution in [0.1, 0.15) is 41.8 Å². The Balaban J connectivity index is 1.32. The zero-order valence-corrected chi connectivity index (χ0v) is 23.5. The summed E-state index contributed by atoms with van der Waals surface area (Å²) in [6.07, 6.45) is 1.34. The zero-order valence-electron chi connectivity index (χ0n) is 23.5. The zero-order chi connectivity index (χ0) is 29.1. The summed E-state index contributed by atoms with van der Waals surface area (Å²) in [5.74, 6) is -1.33. The van der Waals surface area contributed by atoms with Crippen LogP contribution in [0.15, 0.2) is 42.5 Å². The third-order valence-electron chi connectivity index (χ3n) is 7.85. The lowest BCUT2D eigenvalue weighted by atomic mass is 9.99. The normalized spacial score (nSPS) is 22.1. The first kappa shape index (κ1) is 28.5. The summed E-state index contributed by atoms with van der Waals surface area (Å²) in [7, 11) is 1.48. The third kappa shape index (κ3) is 5.90. The number of benzene rings is 2. The average molecular weight is 564 g/mol. The molecule has 12 nitrogen and oxygen atoms in total. The van der Waals surface area contributed by atoms with Crippen molar-refractivity contribution in [3.63, 3.8) is 0 Å². The second-order valence-electron chi connectivity index (χ2n) is 10.9. The Morgan fingerprint density at radius 3 is 2.61 bits per heavy atom. The van der Waals surface area contributed by atoms with Gasteiger partial charge >= 0.3 is 0 Å². The van der Waals surface area contributed by atoms with Crippen molar-refractivity contribution in [2.45, 2.75) is 57.3 Å². The summed E-state index contributed by atoms with van der Waals surface area (Å²) in [4.78, 5) is 55.5. The largest absolute Gasteiger partial charge is 0.496 e. The molecule has 2 aromatic rings. The lowest BCUT2D eigenvalue weighted by Crippen LogP contribution is -2.58. The minimum Gasteiger partial charge on any atom is -0.496 e. The lowest BCUT2D eigenvalue weighted by molar-refractivity contribution is -0.130. The predicted octanol–water partition coefficient (Wildman–Crippen LogP) is -0.0643. The second-order valence-corrected chi connectivity index (χ2v) is 10.9.